The predicted octanol–water partition coefficient (Wildman–Crippen LogP) is 2.36. The van der Waals surface area contributed by atoms with Gasteiger partial charge in [-0.25, -0.2) is 0 Å². The minimum Gasteiger partial charge on any atom is -0.483 e. The third-order valence-corrected chi connectivity index (χ3v) is 4.08. The topological polar surface area (TPSA) is 41.6 Å². The standard InChI is InChI=1S/C18H28N2O2/c1-5-14-6-7-16(15(12-14)18(2,3)4)22-13-17(21)20-10-8-19-9-11-20/h6-7,12,19H,5,8-11,13H2,1-4H3. The van der Waals surface area contributed by atoms with Gasteiger partial charge in [0.2, 0.25) is 0 Å². The first-order chi connectivity index (χ1) is 10.4. The molecule has 0 radical (unpaired) electrons. The van der Waals surface area contributed by atoms with E-state index in [-0.39, 0.29) is 17.9 Å². The molecule has 2 rings (SSSR count). The maximum absolute atomic E-state index is 12.2. The highest BCUT2D eigenvalue weighted by molar-refractivity contribution is 5.78. The van der Waals surface area contributed by atoms with Crippen molar-refractivity contribution in [3.8, 4) is 5.75 Å². The molecule has 22 heavy (non-hydrogen) atoms. The fourth-order valence-corrected chi connectivity index (χ4v) is 2.65. The number of nitrogens with zero attached hydrogens (tertiary/aromatic N) is 1. The molecule has 1 saturated heterocycles. The molecule has 0 atom stereocenters. The fraction of sp³-hybridized carbons (Fsp3) is 0.611. The Kier molecular flexibility index (Phi) is 5.46. The van der Waals surface area contributed by atoms with Crippen LogP contribution in [0.25, 0.3) is 0 Å². The van der Waals surface area contributed by atoms with Crippen molar-refractivity contribution in [2.24, 2.45) is 0 Å². The van der Waals surface area contributed by atoms with E-state index in [0.717, 1.165) is 38.3 Å². The van der Waals surface area contributed by atoms with E-state index in [1.807, 2.05) is 11.0 Å². The van der Waals surface area contributed by atoms with Crippen LogP contribution in [0.15, 0.2) is 18.2 Å². The highest BCUT2D eigenvalue weighted by Crippen LogP contribution is 2.32. The smallest absolute Gasteiger partial charge is 0.260 e. The van der Waals surface area contributed by atoms with Crippen LogP contribution in [0.2, 0.25) is 0 Å². The second kappa shape index (κ2) is 7.14. The SMILES string of the molecule is CCc1ccc(OCC(=O)N2CCNCC2)c(C(C)(C)C)c1. The van der Waals surface area contributed by atoms with Gasteiger partial charge in [-0.2, -0.15) is 0 Å². The molecule has 4 heteroatoms. The van der Waals surface area contributed by atoms with E-state index in [9.17, 15) is 4.79 Å². The molecule has 1 amide bonds. The molecule has 0 aliphatic carbocycles. The summed E-state index contributed by atoms with van der Waals surface area (Å²) < 4.78 is 5.87. The Morgan fingerprint density at radius 1 is 1.27 bits per heavy atom. The number of carbonyl (C=O) groups is 1. The molecule has 122 valence electrons. The van der Waals surface area contributed by atoms with E-state index in [4.69, 9.17) is 4.74 Å². The summed E-state index contributed by atoms with van der Waals surface area (Å²) in [5, 5.41) is 3.25. The molecule has 1 aromatic rings. The lowest BCUT2D eigenvalue weighted by molar-refractivity contribution is -0.133. The monoisotopic (exact) mass is 304 g/mol. The second-order valence-corrected chi connectivity index (χ2v) is 6.85. The van der Waals surface area contributed by atoms with Crippen LogP contribution in [0.1, 0.15) is 38.8 Å². The van der Waals surface area contributed by atoms with E-state index in [1.54, 1.807) is 0 Å². The van der Waals surface area contributed by atoms with E-state index in [1.165, 1.54) is 11.1 Å². The molecule has 1 fully saturated rings. The quantitative estimate of drug-likeness (QED) is 0.928. The van der Waals surface area contributed by atoms with Crippen LogP contribution in [0.4, 0.5) is 0 Å². The summed E-state index contributed by atoms with van der Waals surface area (Å²) >= 11 is 0. The molecule has 4 nitrogen and oxygen atoms in total. The Bertz CT molecular complexity index is 514. The molecule has 1 heterocycles. The van der Waals surface area contributed by atoms with Crippen LogP contribution < -0.4 is 10.1 Å². The zero-order valence-corrected chi connectivity index (χ0v) is 14.2. The molecule has 0 bridgehead atoms. The lowest BCUT2D eigenvalue weighted by Crippen LogP contribution is -2.48. The van der Waals surface area contributed by atoms with Gasteiger partial charge in [0.1, 0.15) is 5.75 Å². The number of aryl methyl sites for hydroxylation is 1. The van der Waals surface area contributed by atoms with Gasteiger partial charge in [-0.05, 0) is 29.0 Å². The molecular formula is C18H28N2O2. The Hall–Kier alpha value is -1.55. The Labute approximate surface area is 133 Å². The first-order valence-electron chi connectivity index (χ1n) is 8.16. The minimum absolute atomic E-state index is 0.00138. The summed E-state index contributed by atoms with van der Waals surface area (Å²) in [6, 6.07) is 6.29. The van der Waals surface area contributed by atoms with Gasteiger partial charge in [0.25, 0.3) is 5.91 Å². The average molecular weight is 304 g/mol. The number of hydrogen-bond acceptors (Lipinski definition) is 3. The normalized spacial score (nSPS) is 15.7. The van der Waals surface area contributed by atoms with E-state index in [2.05, 4.69) is 45.1 Å². The fourth-order valence-electron chi connectivity index (χ4n) is 2.65. The predicted molar refractivity (Wildman–Crippen MR) is 89.5 cm³/mol. The van der Waals surface area contributed by atoms with Crippen molar-refractivity contribution in [1.82, 2.24) is 10.2 Å². The Morgan fingerprint density at radius 2 is 1.95 bits per heavy atom. The molecule has 0 spiro atoms. The second-order valence-electron chi connectivity index (χ2n) is 6.85. The summed E-state index contributed by atoms with van der Waals surface area (Å²) in [5.74, 6) is 0.897. The van der Waals surface area contributed by atoms with Crippen LogP contribution in [0, 0.1) is 0 Å². The minimum atomic E-state index is -0.00138. The summed E-state index contributed by atoms with van der Waals surface area (Å²) in [5.41, 5.74) is 2.46. The van der Waals surface area contributed by atoms with Crippen molar-refractivity contribution in [2.45, 2.75) is 39.5 Å². The molecular weight excluding hydrogens is 276 g/mol. The largest absolute Gasteiger partial charge is 0.483 e. The van der Waals surface area contributed by atoms with Crippen molar-refractivity contribution in [1.29, 1.82) is 0 Å². The van der Waals surface area contributed by atoms with E-state index < -0.39 is 0 Å². The lowest BCUT2D eigenvalue weighted by Gasteiger charge is -2.28. The number of rotatable bonds is 4. The van der Waals surface area contributed by atoms with Crippen LogP contribution in [-0.2, 0) is 16.6 Å². The van der Waals surface area contributed by atoms with Gasteiger partial charge in [0.05, 0.1) is 0 Å². The number of amides is 1. The van der Waals surface area contributed by atoms with Crippen LogP contribution in [0.3, 0.4) is 0 Å². The summed E-state index contributed by atoms with van der Waals surface area (Å²) in [6.45, 7) is 12.1. The third-order valence-electron chi connectivity index (χ3n) is 4.08. The van der Waals surface area contributed by atoms with Crippen LogP contribution in [0.5, 0.6) is 5.75 Å². The van der Waals surface area contributed by atoms with Crippen molar-refractivity contribution in [3.05, 3.63) is 29.3 Å². The molecule has 1 aliphatic heterocycles. The molecule has 1 N–H and O–H groups in total. The Morgan fingerprint density at radius 3 is 2.55 bits per heavy atom. The van der Waals surface area contributed by atoms with Crippen LogP contribution >= 0.6 is 0 Å². The molecule has 0 unspecified atom stereocenters. The molecule has 0 saturated carbocycles. The van der Waals surface area contributed by atoms with Crippen LogP contribution in [-0.4, -0.2) is 43.6 Å². The van der Waals surface area contributed by atoms with Gasteiger partial charge in [-0.3, -0.25) is 4.79 Å². The van der Waals surface area contributed by atoms with Gasteiger partial charge in [0, 0.05) is 26.2 Å². The summed E-state index contributed by atoms with van der Waals surface area (Å²) in [7, 11) is 0. The number of benzene rings is 1. The van der Waals surface area contributed by atoms with E-state index >= 15 is 0 Å². The lowest BCUT2D eigenvalue weighted by atomic mass is 9.85. The zero-order chi connectivity index (χ0) is 16.2. The van der Waals surface area contributed by atoms with Gasteiger partial charge in [-0.15, -0.1) is 0 Å². The zero-order valence-electron chi connectivity index (χ0n) is 14.2. The molecule has 0 aromatic heterocycles. The summed E-state index contributed by atoms with van der Waals surface area (Å²) in [4.78, 5) is 14.1. The maximum Gasteiger partial charge on any atom is 0.260 e. The number of piperazine rings is 1. The van der Waals surface area contributed by atoms with Crippen molar-refractivity contribution in [2.75, 3.05) is 32.8 Å². The molecule has 1 aromatic carbocycles. The average Bonchev–Trinajstić information content (AvgIpc) is 2.52. The van der Waals surface area contributed by atoms with Gasteiger partial charge in [0.15, 0.2) is 6.61 Å². The van der Waals surface area contributed by atoms with Gasteiger partial charge >= 0.3 is 0 Å². The van der Waals surface area contributed by atoms with Crippen molar-refractivity contribution in [3.63, 3.8) is 0 Å². The first-order valence-corrected chi connectivity index (χ1v) is 8.16. The van der Waals surface area contributed by atoms with E-state index in [0.29, 0.717) is 0 Å². The number of carbonyl (C=O) groups excluding carboxylic acids is 1. The van der Waals surface area contributed by atoms with Crippen molar-refractivity contribution >= 4 is 5.91 Å². The number of hydrogen-bond donors (Lipinski definition) is 1. The highest BCUT2D eigenvalue weighted by atomic mass is 16.5. The van der Waals surface area contributed by atoms with Crippen molar-refractivity contribution < 1.29 is 9.53 Å². The third kappa shape index (κ3) is 4.23. The molecule has 1 aliphatic rings. The highest BCUT2D eigenvalue weighted by Gasteiger charge is 2.21. The maximum atomic E-state index is 12.2. The van der Waals surface area contributed by atoms with Gasteiger partial charge < -0.3 is 15.0 Å². The van der Waals surface area contributed by atoms with Gasteiger partial charge in [-0.1, -0.05) is 39.8 Å². The number of nitrogens with one attached hydrogen (secondary N) is 1. The Balaban J connectivity index is 2.07. The first kappa shape index (κ1) is 16.8. The summed E-state index contributed by atoms with van der Waals surface area (Å²) in [6.07, 6.45) is 1.00. The number of ether oxygens (including phenoxy) is 1.